The Morgan fingerprint density at radius 2 is 1.73 bits per heavy atom. The maximum Gasteiger partial charge on any atom is 0.341 e. The first-order valence-corrected chi connectivity index (χ1v) is 12.4. The van der Waals surface area contributed by atoms with Gasteiger partial charge < -0.3 is 20.3 Å². The minimum absolute atomic E-state index is 0.0431. The number of amides is 1. The maximum absolute atomic E-state index is 13.0. The molecule has 0 spiro atoms. The number of rotatable bonds is 7. The minimum Gasteiger partial charge on any atom is -0.465 e. The Morgan fingerprint density at radius 3 is 2.21 bits per heavy atom. The molecule has 1 aromatic carbocycles. The number of thiocarbonyl (C=S) groups is 1. The van der Waals surface area contributed by atoms with Crippen LogP contribution in [0.4, 0.5) is 5.00 Å². The van der Waals surface area contributed by atoms with Crippen LogP contribution >= 0.6 is 23.6 Å². The Kier molecular flexibility index (Phi) is 9.03. The number of hydrogen-bond acceptors (Lipinski definition) is 5. The van der Waals surface area contributed by atoms with E-state index in [0.29, 0.717) is 39.2 Å². The fraction of sp³-hybridized carbons (Fsp3) is 0.480. The molecule has 0 aliphatic rings. The standard InChI is InChI=1S/C25H35N3O3S2/c1-9-28(10-2)22(29)20-15(3)19(23(30)31-8)21(33-20)27-24(32)26-16(4)17-11-13-18(14-12-17)25(5,6)7/h11-14,16H,9-10H2,1-8H3,(H2,26,27,32). The van der Waals surface area contributed by atoms with Gasteiger partial charge in [0.15, 0.2) is 5.11 Å². The lowest BCUT2D eigenvalue weighted by Gasteiger charge is -2.21. The van der Waals surface area contributed by atoms with Crippen LogP contribution in [0.3, 0.4) is 0 Å². The smallest absolute Gasteiger partial charge is 0.341 e. The Labute approximate surface area is 206 Å². The third kappa shape index (κ3) is 6.32. The summed E-state index contributed by atoms with van der Waals surface area (Å²) in [5, 5.41) is 7.26. The molecule has 0 fully saturated rings. The fourth-order valence-corrected chi connectivity index (χ4v) is 5.01. The van der Waals surface area contributed by atoms with Gasteiger partial charge in [0.1, 0.15) is 5.00 Å². The van der Waals surface area contributed by atoms with Crippen molar-refractivity contribution in [2.75, 3.05) is 25.5 Å². The SMILES string of the molecule is CCN(CC)C(=O)c1sc(NC(=S)NC(C)c2ccc(C(C)(C)C)cc2)c(C(=O)OC)c1C. The van der Waals surface area contributed by atoms with Crippen LogP contribution in [-0.4, -0.2) is 42.1 Å². The molecule has 0 aliphatic carbocycles. The van der Waals surface area contributed by atoms with E-state index in [0.717, 1.165) is 5.56 Å². The second kappa shape index (κ2) is 11.1. The molecule has 180 valence electrons. The molecule has 1 aromatic heterocycles. The second-order valence-electron chi connectivity index (χ2n) is 8.92. The van der Waals surface area contributed by atoms with E-state index >= 15 is 0 Å². The predicted octanol–water partition coefficient (Wildman–Crippen LogP) is 5.67. The van der Waals surface area contributed by atoms with Crippen LogP contribution in [0, 0.1) is 6.92 Å². The second-order valence-corrected chi connectivity index (χ2v) is 10.4. The quantitative estimate of drug-likeness (QED) is 0.386. The highest BCUT2D eigenvalue weighted by molar-refractivity contribution is 7.80. The number of ether oxygens (including phenoxy) is 1. The van der Waals surface area contributed by atoms with Gasteiger partial charge >= 0.3 is 5.97 Å². The number of benzene rings is 1. The summed E-state index contributed by atoms with van der Waals surface area (Å²) in [4.78, 5) is 27.7. The molecule has 2 aromatic rings. The van der Waals surface area contributed by atoms with Gasteiger partial charge in [-0.2, -0.15) is 0 Å². The van der Waals surface area contributed by atoms with Crippen LogP contribution < -0.4 is 10.6 Å². The third-order valence-electron chi connectivity index (χ3n) is 5.63. The van der Waals surface area contributed by atoms with Crippen molar-refractivity contribution < 1.29 is 14.3 Å². The van der Waals surface area contributed by atoms with Gasteiger partial charge in [-0.25, -0.2) is 4.79 Å². The number of nitrogens with one attached hydrogen (secondary N) is 2. The number of hydrogen-bond donors (Lipinski definition) is 2. The molecule has 0 saturated carbocycles. The zero-order valence-electron chi connectivity index (χ0n) is 20.8. The van der Waals surface area contributed by atoms with Gasteiger partial charge in [-0.05, 0) is 62.0 Å². The number of carbonyl (C=O) groups is 2. The van der Waals surface area contributed by atoms with Crippen LogP contribution in [0.1, 0.15) is 84.3 Å². The summed E-state index contributed by atoms with van der Waals surface area (Å²) in [7, 11) is 1.33. The van der Waals surface area contributed by atoms with Crippen LogP contribution in [0.5, 0.6) is 0 Å². The highest BCUT2D eigenvalue weighted by Crippen LogP contribution is 2.34. The number of thiophene rings is 1. The van der Waals surface area contributed by atoms with Gasteiger partial charge in [0.25, 0.3) is 5.91 Å². The first-order valence-electron chi connectivity index (χ1n) is 11.1. The average molecular weight is 490 g/mol. The lowest BCUT2D eigenvalue weighted by molar-refractivity contribution is 0.0601. The molecule has 0 bridgehead atoms. The van der Waals surface area contributed by atoms with Gasteiger partial charge in [-0.15, -0.1) is 11.3 Å². The van der Waals surface area contributed by atoms with E-state index in [1.807, 2.05) is 20.8 Å². The molecule has 33 heavy (non-hydrogen) atoms. The third-order valence-corrected chi connectivity index (χ3v) is 7.05. The summed E-state index contributed by atoms with van der Waals surface area (Å²) in [6.07, 6.45) is 0. The van der Waals surface area contributed by atoms with Crippen LogP contribution in [0.2, 0.25) is 0 Å². The highest BCUT2D eigenvalue weighted by Gasteiger charge is 2.27. The van der Waals surface area contributed by atoms with E-state index < -0.39 is 5.97 Å². The average Bonchev–Trinajstić information content (AvgIpc) is 3.08. The topological polar surface area (TPSA) is 70.7 Å². The van der Waals surface area contributed by atoms with Crippen molar-refractivity contribution in [1.82, 2.24) is 10.2 Å². The summed E-state index contributed by atoms with van der Waals surface area (Å²) < 4.78 is 4.97. The van der Waals surface area contributed by atoms with Crippen molar-refractivity contribution in [2.45, 2.75) is 59.9 Å². The molecule has 0 saturated heterocycles. The first-order chi connectivity index (χ1) is 15.4. The van der Waals surface area contributed by atoms with E-state index in [1.54, 1.807) is 11.8 Å². The van der Waals surface area contributed by atoms with E-state index in [-0.39, 0.29) is 17.4 Å². The Morgan fingerprint density at radius 1 is 1.15 bits per heavy atom. The Balaban J connectivity index is 2.24. The van der Waals surface area contributed by atoms with E-state index in [1.165, 1.54) is 24.0 Å². The molecule has 2 N–H and O–H groups in total. The van der Waals surface area contributed by atoms with Crippen molar-refractivity contribution in [3.63, 3.8) is 0 Å². The van der Waals surface area contributed by atoms with Gasteiger partial charge in [0.05, 0.1) is 23.6 Å². The van der Waals surface area contributed by atoms with Crippen molar-refractivity contribution in [3.8, 4) is 0 Å². The Hall–Kier alpha value is -2.45. The molecule has 6 nitrogen and oxygen atoms in total. The van der Waals surface area contributed by atoms with E-state index in [2.05, 4.69) is 55.7 Å². The largest absolute Gasteiger partial charge is 0.465 e. The number of carbonyl (C=O) groups excluding carboxylic acids is 2. The molecule has 1 atom stereocenters. The van der Waals surface area contributed by atoms with Crippen LogP contribution in [-0.2, 0) is 10.2 Å². The first kappa shape index (κ1) is 26.8. The summed E-state index contributed by atoms with van der Waals surface area (Å²) in [6.45, 7) is 15.4. The van der Waals surface area contributed by atoms with Crippen molar-refractivity contribution in [2.24, 2.45) is 0 Å². The maximum atomic E-state index is 13.0. The molecule has 2 rings (SSSR count). The molecular formula is C25H35N3O3S2. The lowest BCUT2D eigenvalue weighted by atomic mass is 9.86. The van der Waals surface area contributed by atoms with Gasteiger partial charge in [0.2, 0.25) is 0 Å². The van der Waals surface area contributed by atoms with E-state index in [9.17, 15) is 9.59 Å². The fourth-order valence-electron chi connectivity index (χ4n) is 3.50. The van der Waals surface area contributed by atoms with Crippen molar-refractivity contribution in [3.05, 3.63) is 51.4 Å². The zero-order chi connectivity index (χ0) is 24.9. The monoisotopic (exact) mass is 489 g/mol. The number of esters is 1. The summed E-state index contributed by atoms with van der Waals surface area (Å²) in [5.41, 5.74) is 3.39. The molecule has 1 heterocycles. The van der Waals surface area contributed by atoms with E-state index in [4.69, 9.17) is 17.0 Å². The number of anilines is 1. The molecule has 0 aliphatic heterocycles. The Bertz CT molecular complexity index is 1000. The summed E-state index contributed by atoms with van der Waals surface area (Å²) >= 11 is 6.75. The van der Waals surface area contributed by atoms with Gasteiger partial charge in [0, 0.05) is 13.1 Å². The number of methoxy groups -OCH3 is 1. The highest BCUT2D eigenvalue weighted by atomic mass is 32.1. The molecule has 1 amide bonds. The normalized spacial score (nSPS) is 12.1. The van der Waals surface area contributed by atoms with Crippen molar-refractivity contribution >= 4 is 45.5 Å². The summed E-state index contributed by atoms with van der Waals surface area (Å²) in [6, 6.07) is 8.41. The zero-order valence-corrected chi connectivity index (χ0v) is 22.4. The van der Waals surface area contributed by atoms with Gasteiger partial charge in [-0.1, -0.05) is 45.0 Å². The van der Waals surface area contributed by atoms with Gasteiger partial charge in [-0.3, -0.25) is 4.79 Å². The van der Waals surface area contributed by atoms with Crippen LogP contribution in [0.15, 0.2) is 24.3 Å². The molecular weight excluding hydrogens is 454 g/mol. The lowest BCUT2D eigenvalue weighted by Crippen LogP contribution is -2.31. The summed E-state index contributed by atoms with van der Waals surface area (Å²) in [5.74, 6) is -0.606. The molecule has 8 heteroatoms. The van der Waals surface area contributed by atoms with Crippen molar-refractivity contribution in [1.29, 1.82) is 0 Å². The number of nitrogens with zero attached hydrogens (tertiary/aromatic N) is 1. The molecule has 1 unspecified atom stereocenters. The predicted molar refractivity (Wildman–Crippen MR) is 141 cm³/mol. The molecule has 0 radical (unpaired) electrons. The van der Waals surface area contributed by atoms with Crippen LogP contribution in [0.25, 0.3) is 0 Å². The minimum atomic E-state index is -0.501.